The van der Waals surface area contributed by atoms with Crippen LogP contribution in [0.25, 0.3) is 0 Å². The van der Waals surface area contributed by atoms with Crippen molar-refractivity contribution in [2.24, 2.45) is 0 Å². The molecule has 29 heavy (non-hydrogen) atoms. The summed E-state index contributed by atoms with van der Waals surface area (Å²) in [5.41, 5.74) is 5.25. The molecule has 0 saturated carbocycles. The van der Waals surface area contributed by atoms with Crippen LogP contribution in [0.2, 0.25) is 0 Å². The summed E-state index contributed by atoms with van der Waals surface area (Å²) in [7, 11) is 0. The lowest BCUT2D eigenvalue weighted by Gasteiger charge is -2.12. The van der Waals surface area contributed by atoms with E-state index < -0.39 is 11.9 Å². The Bertz CT molecular complexity index is 899. The minimum absolute atomic E-state index is 0.189. The van der Waals surface area contributed by atoms with Crippen molar-refractivity contribution in [2.45, 2.75) is 56.9 Å². The monoisotopic (exact) mass is 417 g/mol. The van der Waals surface area contributed by atoms with E-state index in [-0.39, 0.29) is 19.6 Å². The van der Waals surface area contributed by atoms with Gasteiger partial charge in [0.25, 0.3) is 0 Å². The van der Waals surface area contributed by atoms with Gasteiger partial charge in [-0.3, -0.25) is 14.6 Å². The second kappa shape index (κ2) is 9.69. The number of hydrogen-bond acceptors (Lipinski definition) is 8. The van der Waals surface area contributed by atoms with Crippen LogP contribution in [-0.2, 0) is 32.9 Å². The number of carbonyl (C=O) groups excluding carboxylic acids is 1. The topological polar surface area (TPSA) is 112 Å². The molecular weight excluding hydrogens is 394 g/mol. The molecule has 154 valence electrons. The number of hydrogen-bond donors (Lipinski definition) is 1. The van der Waals surface area contributed by atoms with E-state index in [0.717, 1.165) is 41.8 Å². The first kappa shape index (κ1) is 21.0. The highest BCUT2D eigenvalue weighted by atomic mass is 32.2. The highest BCUT2D eigenvalue weighted by Crippen LogP contribution is 2.32. The first-order valence-electron chi connectivity index (χ1n) is 9.38. The van der Waals surface area contributed by atoms with Crippen molar-refractivity contribution < 1.29 is 24.2 Å². The lowest BCUT2D eigenvalue weighted by atomic mass is 10.1. The zero-order chi connectivity index (χ0) is 20.8. The van der Waals surface area contributed by atoms with Gasteiger partial charge in [0.15, 0.2) is 5.16 Å². The lowest BCUT2D eigenvalue weighted by Crippen LogP contribution is -2.13. The molecule has 9 heteroatoms. The average Bonchev–Trinajstić information content (AvgIpc) is 3.15. The molecule has 0 spiro atoms. The van der Waals surface area contributed by atoms with E-state index in [9.17, 15) is 9.59 Å². The third-order valence-electron chi connectivity index (χ3n) is 4.68. The molecule has 1 N–H and O–H groups in total. The van der Waals surface area contributed by atoms with Gasteiger partial charge in [-0.2, -0.15) is 4.98 Å². The third kappa shape index (κ3) is 5.66. The molecule has 0 aliphatic heterocycles. The smallest absolute Gasteiger partial charge is 0.309 e. The first-order valence-corrected chi connectivity index (χ1v) is 10.4. The number of esters is 1. The van der Waals surface area contributed by atoms with Crippen molar-refractivity contribution in [1.82, 2.24) is 15.0 Å². The number of carboxylic acids is 1. The van der Waals surface area contributed by atoms with Gasteiger partial charge in [0.05, 0.1) is 18.5 Å². The van der Waals surface area contributed by atoms with E-state index in [1.165, 1.54) is 17.3 Å². The molecule has 0 fully saturated rings. The highest BCUT2D eigenvalue weighted by molar-refractivity contribution is 7.98. The molecule has 2 aromatic rings. The maximum absolute atomic E-state index is 11.6. The molecule has 0 bridgehead atoms. The molecule has 8 nitrogen and oxygen atoms in total. The van der Waals surface area contributed by atoms with E-state index in [4.69, 9.17) is 14.6 Å². The molecule has 0 radical (unpaired) electrons. The van der Waals surface area contributed by atoms with Gasteiger partial charge in [-0.1, -0.05) is 11.8 Å². The van der Waals surface area contributed by atoms with Gasteiger partial charge in [0.2, 0.25) is 12.7 Å². The van der Waals surface area contributed by atoms with Crippen molar-refractivity contribution in [3.8, 4) is 5.88 Å². The van der Waals surface area contributed by atoms with Gasteiger partial charge >= 0.3 is 11.9 Å². The Kier molecular flexibility index (Phi) is 7.03. The van der Waals surface area contributed by atoms with Crippen LogP contribution in [0.1, 0.15) is 47.3 Å². The number of ether oxygens (including phenoxy) is 2. The summed E-state index contributed by atoms with van der Waals surface area (Å²) < 4.78 is 10.6. The summed E-state index contributed by atoms with van der Waals surface area (Å²) in [6.45, 7) is 3.74. The fourth-order valence-corrected chi connectivity index (χ4v) is 4.10. The van der Waals surface area contributed by atoms with Gasteiger partial charge in [-0.05, 0) is 50.3 Å². The molecule has 2 heterocycles. The summed E-state index contributed by atoms with van der Waals surface area (Å²) in [6, 6.07) is 1.99. The molecule has 0 aromatic carbocycles. The van der Waals surface area contributed by atoms with Crippen LogP contribution in [0, 0.1) is 13.8 Å². The number of thioether (sulfide) groups is 1. The van der Waals surface area contributed by atoms with E-state index in [1.807, 2.05) is 13.0 Å². The van der Waals surface area contributed by atoms with Crippen LogP contribution in [0.4, 0.5) is 0 Å². The fourth-order valence-electron chi connectivity index (χ4n) is 3.07. The van der Waals surface area contributed by atoms with Crippen molar-refractivity contribution in [3.63, 3.8) is 0 Å². The van der Waals surface area contributed by atoms with Crippen molar-refractivity contribution in [1.29, 1.82) is 0 Å². The number of nitrogens with zero attached hydrogens (tertiary/aromatic N) is 3. The summed E-state index contributed by atoms with van der Waals surface area (Å²) in [6.07, 6.45) is 4.01. The van der Waals surface area contributed by atoms with E-state index in [2.05, 4.69) is 21.9 Å². The van der Waals surface area contributed by atoms with Crippen LogP contribution in [0.3, 0.4) is 0 Å². The summed E-state index contributed by atoms with van der Waals surface area (Å²) in [4.78, 5) is 35.6. The van der Waals surface area contributed by atoms with Crippen LogP contribution in [0.5, 0.6) is 5.88 Å². The first-order chi connectivity index (χ1) is 13.9. The number of rotatable bonds is 9. The number of aliphatic carboxylic acids is 1. The van der Waals surface area contributed by atoms with Crippen LogP contribution < -0.4 is 4.74 Å². The number of aryl methyl sites for hydroxylation is 3. The Balaban J connectivity index is 1.65. The second-order valence-electron chi connectivity index (χ2n) is 6.74. The number of carboxylic acid groups (broad SMARTS) is 1. The molecule has 0 amide bonds. The zero-order valence-electron chi connectivity index (χ0n) is 16.4. The molecule has 0 atom stereocenters. The summed E-state index contributed by atoms with van der Waals surface area (Å²) >= 11 is 1.52. The molecule has 0 unspecified atom stereocenters. The van der Waals surface area contributed by atoms with Gasteiger partial charge in [-0.25, -0.2) is 4.98 Å². The fraction of sp³-hybridized carbons (Fsp3) is 0.450. The Morgan fingerprint density at radius 2 is 2.03 bits per heavy atom. The van der Waals surface area contributed by atoms with Crippen LogP contribution in [-0.4, -0.2) is 38.8 Å². The van der Waals surface area contributed by atoms with Crippen molar-refractivity contribution >= 4 is 23.7 Å². The molecule has 1 aliphatic carbocycles. The Labute approximate surface area is 173 Å². The normalized spacial score (nSPS) is 12.5. The van der Waals surface area contributed by atoms with Gasteiger partial charge in [0, 0.05) is 23.2 Å². The Morgan fingerprint density at radius 3 is 2.79 bits per heavy atom. The molecule has 1 aliphatic rings. The summed E-state index contributed by atoms with van der Waals surface area (Å²) in [5.74, 6) is -0.526. The quantitative estimate of drug-likeness (QED) is 0.285. The number of carbonyl (C=O) groups is 2. The maximum Gasteiger partial charge on any atom is 0.309 e. The van der Waals surface area contributed by atoms with E-state index in [0.29, 0.717) is 16.8 Å². The number of pyridine rings is 1. The predicted molar refractivity (Wildman–Crippen MR) is 106 cm³/mol. The van der Waals surface area contributed by atoms with Gasteiger partial charge < -0.3 is 14.6 Å². The van der Waals surface area contributed by atoms with Gasteiger partial charge in [-0.15, -0.1) is 0 Å². The maximum atomic E-state index is 11.6. The van der Waals surface area contributed by atoms with Crippen molar-refractivity contribution in [2.75, 3.05) is 6.79 Å². The third-order valence-corrected chi connectivity index (χ3v) is 5.56. The molecule has 3 rings (SSSR count). The van der Waals surface area contributed by atoms with Crippen LogP contribution in [0.15, 0.2) is 17.4 Å². The molecule has 0 saturated heterocycles. The van der Waals surface area contributed by atoms with E-state index in [1.54, 1.807) is 6.20 Å². The van der Waals surface area contributed by atoms with Gasteiger partial charge in [0.1, 0.15) is 0 Å². The molecule has 2 aromatic heterocycles. The molecular formula is C20H23N3O5S. The second-order valence-corrected chi connectivity index (χ2v) is 7.69. The average molecular weight is 417 g/mol. The summed E-state index contributed by atoms with van der Waals surface area (Å²) in [5, 5.41) is 9.22. The largest absolute Gasteiger partial charge is 0.481 e. The Hall–Kier alpha value is -2.68. The van der Waals surface area contributed by atoms with Crippen molar-refractivity contribution in [3.05, 3.63) is 40.3 Å². The SMILES string of the molecule is Cc1ccnc(C)c1CSc1nc2c(c(OCOC(=O)CCC(=O)O)n1)CCC2. The number of aromatic nitrogens is 3. The predicted octanol–water partition coefficient (Wildman–Crippen LogP) is 3.01. The standard InChI is InChI=1S/C20H23N3O5S/c1-12-8-9-21-13(2)15(12)10-29-20-22-16-5-3-4-14(16)19(23-20)28-11-27-18(26)7-6-17(24)25/h8-9H,3-7,10-11H2,1-2H3,(H,24,25). The minimum atomic E-state index is -1.04. The number of fused-ring (bicyclic) bond motifs is 1. The zero-order valence-corrected chi connectivity index (χ0v) is 17.3. The van der Waals surface area contributed by atoms with E-state index >= 15 is 0 Å². The highest BCUT2D eigenvalue weighted by Gasteiger charge is 2.21. The lowest BCUT2D eigenvalue weighted by molar-refractivity contribution is -0.153. The Morgan fingerprint density at radius 1 is 1.21 bits per heavy atom. The van der Waals surface area contributed by atoms with Crippen LogP contribution >= 0.6 is 11.8 Å². The minimum Gasteiger partial charge on any atom is -0.481 e.